The topological polar surface area (TPSA) is 75.6 Å². The molecule has 4 nitrogen and oxygen atoms in total. The fourth-order valence-corrected chi connectivity index (χ4v) is 3.60. The minimum Gasteiger partial charge on any atom is -0.381 e. The highest BCUT2D eigenvalue weighted by Crippen LogP contribution is 2.66. The number of fused-ring (bicyclic) bond motifs is 5. The van der Waals surface area contributed by atoms with Crippen LogP contribution in [0.3, 0.4) is 0 Å². The maximum absolute atomic E-state index is 9.00. The Hall–Kier alpha value is -1.63. The van der Waals surface area contributed by atoms with Crippen molar-refractivity contribution in [2.24, 2.45) is 5.41 Å². The van der Waals surface area contributed by atoms with E-state index in [2.05, 4.69) is 30.7 Å². The molecule has 1 saturated carbocycles. The summed E-state index contributed by atoms with van der Waals surface area (Å²) < 4.78 is 0. The number of anilines is 1. The summed E-state index contributed by atoms with van der Waals surface area (Å²) in [4.78, 5) is 8.91. The van der Waals surface area contributed by atoms with Crippen LogP contribution < -0.4 is 5.73 Å². The second-order valence-corrected chi connectivity index (χ2v) is 5.95. The lowest BCUT2D eigenvalue weighted by atomic mass is 9.70. The van der Waals surface area contributed by atoms with E-state index in [1.165, 1.54) is 0 Å². The van der Waals surface area contributed by atoms with Crippen molar-refractivity contribution in [2.45, 2.75) is 44.9 Å². The predicted molar refractivity (Wildman–Crippen MR) is 64.3 cm³/mol. The number of nitrogens with zero attached hydrogens (tertiary/aromatic N) is 3. The van der Waals surface area contributed by atoms with Crippen LogP contribution in [-0.2, 0) is 5.41 Å². The summed E-state index contributed by atoms with van der Waals surface area (Å²) in [7, 11) is 0. The van der Waals surface area contributed by atoms with Crippen molar-refractivity contribution in [3.63, 3.8) is 0 Å². The first-order valence-corrected chi connectivity index (χ1v) is 6.00. The van der Waals surface area contributed by atoms with Gasteiger partial charge in [0.1, 0.15) is 6.07 Å². The molecule has 1 aromatic rings. The van der Waals surface area contributed by atoms with Gasteiger partial charge < -0.3 is 5.73 Å². The minimum absolute atomic E-state index is 0.0410. The van der Waals surface area contributed by atoms with Gasteiger partial charge in [-0.15, -0.1) is 0 Å². The van der Waals surface area contributed by atoms with E-state index in [0.29, 0.717) is 5.92 Å². The molecule has 2 atom stereocenters. The van der Waals surface area contributed by atoms with Crippen LogP contribution in [-0.4, -0.2) is 9.97 Å². The molecule has 2 aliphatic rings. The van der Waals surface area contributed by atoms with E-state index >= 15 is 0 Å². The van der Waals surface area contributed by atoms with Crippen LogP contribution in [0.25, 0.3) is 0 Å². The number of hydrogen-bond acceptors (Lipinski definition) is 4. The van der Waals surface area contributed by atoms with Gasteiger partial charge >= 0.3 is 0 Å². The molecule has 3 rings (SSSR count). The average Bonchev–Trinajstić information content (AvgIpc) is 2.58. The van der Waals surface area contributed by atoms with Crippen LogP contribution in [0.4, 0.5) is 5.82 Å². The first kappa shape index (κ1) is 10.5. The fourth-order valence-electron chi connectivity index (χ4n) is 3.60. The van der Waals surface area contributed by atoms with Crippen LogP contribution in [0.1, 0.15) is 56.6 Å². The van der Waals surface area contributed by atoms with E-state index in [0.717, 1.165) is 24.2 Å². The molecule has 4 heteroatoms. The SMILES string of the molecule is CC12CCC(c3nc(N)c(C#N)nc31)C2(C)C. The summed E-state index contributed by atoms with van der Waals surface area (Å²) in [5.41, 5.74) is 8.28. The van der Waals surface area contributed by atoms with Crippen LogP contribution in [0.5, 0.6) is 0 Å². The third-order valence-corrected chi connectivity index (χ3v) is 5.13. The third kappa shape index (κ3) is 0.980. The molecule has 0 radical (unpaired) electrons. The Morgan fingerprint density at radius 3 is 2.71 bits per heavy atom. The zero-order valence-corrected chi connectivity index (χ0v) is 10.4. The molecule has 88 valence electrons. The molecule has 2 bridgehead atoms. The Morgan fingerprint density at radius 2 is 2.06 bits per heavy atom. The standard InChI is InChI=1S/C13H16N4/c1-12(2)7-4-5-13(12,3)10-9(7)17-11(15)8(6-14)16-10/h7H,4-5H2,1-3H3,(H2,15,17). The zero-order valence-electron chi connectivity index (χ0n) is 10.4. The summed E-state index contributed by atoms with van der Waals surface area (Å²) in [6, 6.07) is 2.03. The number of hydrogen-bond donors (Lipinski definition) is 1. The van der Waals surface area contributed by atoms with Gasteiger partial charge in [-0.3, -0.25) is 0 Å². The van der Waals surface area contributed by atoms with Gasteiger partial charge in [0.05, 0.1) is 11.4 Å². The number of nitriles is 1. The van der Waals surface area contributed by atoms with Gasteiger partial charge in [0.15, 0.2) is 11.5 Å². The second-order valence-electron chi connectivity index (χ2n) is 5.95. The second kappa shape index (κ2) is 2.79. The molecule has 2 aliphatic carbocycles. The quantitative estimate of drug-likeness (QED) is 0.737. The number of aromatic nitrogens is 2. The molecule has 0 aromatic carbocycles. The Bertz CT molecular complexity index is 555. The van der Waals surface area contributed by atoms with Crippen LogP contribution in [0.15, 0.2) is 0 Å². The molecule has 2 N–H and O–H groups in total. The average molecular weight is 228 g/mol. The Kier molecular flexibility index (Phi) is 1.72. The molecule has 1 heterocycles. The zero-order chi connectivity index (χ0) is 12.4. The highest BCUT2D eigenvalue weighted by atomic mass is 15.0. The first-order valence-electron chi connectivity index (χ1n) is 6.00. The third-order valence-electron chi connectivity index (χ3n) is 5.13. The predicted octanol–water partition coefficient (Wildman–Crippen LogP) is 2.11. The smallest absolute Gasteiger partial charge is 0.183 e. The van der Waals surface area contributed by atoms with Gasteiger partial charge in [0.25, 0.3) is 0 Å². The van der Waals surface area contributed by atoms with E-state index in [9.17, 15) is 0 Å². The highest BCUT2D eigenvalue weighted by molar-refractivity contribution is 5.50. The Labute approximate surface area is 101 Å². The van der Waals surface area contributed by atoms with E-state index in [4.69, 9.17) is 11.0 Å². The van der Waals surface area contributed by atoms with Crippen LogP contribution in [0.2, 0.25) is 0 Å². The van der Waals surface area contributed by atoms with E-state index in [1.807, 2.05) is 6.07 Å². The lowest BCUT2D eigenvalue weighted by molar-refractivity contribution is 0.227. The van der Waals surface area contributed by atoms with Crippen molar-refractivity contribution in [2.75, 3.05) is 5.73 Å². The van der Waals surface area contributed by atoms with E-state index < -0.39 is 0 Å². The van der Waals surface area contributed by atoms with Crippen LogP contribution >= 0.6 is 0 Å². The first-order chi connectivity index (χ1) is 7.91. The van der Waals surface area contributed by atoms with Gasteiger partial charge in [-0.25, -0.2) is 9.97 Å². The summed E-state index contributed by atoms with van der Waals surface area (Å²) in [5, 5.41) is 9.00. The number of nitrogen functional groups attached to an aromatic ring is 1. The minimum atomic E-state index is 0.0410. The highest BCUT2D eigenvalue weighted by Gasteiger charge is 2.61. The molecular weight excluding hydrogens is 212 g/mol. The van der Waals surface area contributed by atoms with Crippen molar-refractivity contribution in [1.29, 1.82) is 5.26 Å². The van der Waals surface area contributed by atoms with Gasteiger partial charge in [0.2, 0.25) is 0 Å². The number of nitrogens with two attached hydrogens (primary N) is 1. The molecule has 17 heavy (non-hydrogen) atoms. The summed E-state index contributed by atoms with van der Waals surface area (Å²) in [6.45, 7) is 6.79. The number of rotatable bonds is 0. The molecule has 0 spiro atoms. The lowest BCUT2D eigenvalue weighted by Gasteiger charge is -2.34. The Balaban J connectivity index is 2.31. The normalized spacial score (nSPS) is 32.2. The molecule has 0 amide bonds. The van der Waals surface area contributed by atoms with E-state index in [-0.39, 0.29) is 22.3 Å². The maximum atomic E-state index is 9.00. The molecular formula is C13H16N4. The van der Waals surface area contributed by atoms with Crippen molar-refractivity contribution in [3.05, 3.63) is 17.1 Å². The van der Waals surface area contributed by atoms with Crippen LogP contribution in [0, 0.1) is 16.7 Å². The summed E-state index contributed by atoms with van der Waals surface area (Å²) in [6.07, 6.45) is 2.28. The van der Waals surface area contributed by atoms with Gasteiger partial charge in [-0.2, -0.15) is 5.26 Å². The summed E-state index contributed by atoms with van der Waals surface area (Å²) >= 11 is 0. The fraction of sp³-hybridized carbons (Fsp3) is 0.615. The van der Waals surface area contributed by atoms with Gasteiger partial charge in [-0.05, 0) is 18.3 Å². The van der Waals surface area contributed by atoms with Crippen molar-refractivity contribution < 1.29 is 0 Å². The monoisotopic (exact) mass is 228 g/mol. The molecule has 1 fully saturated rings. The molecule has 0 saturated heterocycles. The summed E-state index contributed by atoms with van der Waals surface area (Å²) in [5.74, 6) is 0.711. The van der Waals surface area contributed by atoms with Crippen molar-refractivity contribution in [3.8, 4) is 6.07 Å². The lowest BCUT2D eigenvalue weighted by Crippen LogP contribution is -2.32. The van der Waals surface area contributed by atoms with E-state index in [1.54, 1.807) is 0 Å². The molecule has 0 aliphatic heterocycles. The van der Waals surface area contributed by atoms with Gasteiger partial charge in [-0.1, -0.05) is 20.8 Å². The van der Waals surface area contributed by atoms with Gasteiger partial charge in [0, 0.05) is 11.3 Å². The van der Waals surface area contributed by atoms with Crippen molar-refractivity contribution >= 4 is 5.82 Å². The largest absolute Gasteiger partial charge is 0.381 e. The maximum Gasteiger partial charge on any atom is 0.183 e. The Morgan fingerprint density at radius 1 is 1.35 bits per heavy atom. The molecule has 2 unspecified atom stereocenters. The van der Waals surface area contributed by atoms with Crippen molar-refractivity contribution in [1.82, 2.24) is 9.97 Å². The molecule has 1 aromatic heterocycles.